The summed E-state index contributed by atoms with van der Waals surface area (Å²) >= 11 is 4.34. The molecular formula is C24H27I2O6S2-. The highest BCUT2D eigenvalue weighted by molar-refractivity contribution is 14.1. The molecule has 0 spiro atoms. The molecule has 186 valence electrons. The fourth-order valence-corrected chi connectivity index (χ4v) is 9.93. The minimum absolute atomic E-state index is 0.132. The highest BCUT2D eigenvalue weighted by atomic mass is 127. The predicted octanol–water partition coefficient (Wildman–Crippen LogP) is 6.27. The molecular weight excluding hydrogens is 702 g/mol. The van der Waals surface area contributed by atoms with Gasteiger partial charge in [0.25, 0.3) is 0 Å². The van der Waals surface area contributed by atoms with E-state index in [4.69, 9.17) is 4.18 Å². The van der Waals surface area contributed by atoms with Crippen LogP contribution in [0, 0.1) is 7.14 Å². The van der Waals surface area contributed by atoms with Crippen molar-refractivity contribution in [3.8, 4) is 5.75 Å². The minimum Gasteiger partial charge on any atom is -0.744 e. The summed E-state index contributed by atoms with van der Waals surface area (Å²) in [5.74, 6) is 0.299. The molecule has 0 N–H and O–H groups in total. The van der Waals surface area contributed by atoms with Gasteiger partial charge in [-0.2, -0.15) is 8.42 Å². The van der Waals surface area contributed by atoms with E-state index in [2.05, 4.69) is 45.2 Å². The molecule has 2 aromatic rings. The average molecular weight is 729 g/mol. The number of rotatable bonds is 5. The molecule has 0 saturated heterocycles. The van der Waals surface area contributed by atoms with Crippen molar-refractivity contribution in [2.75, 3.05) is 0 Å². The summed E-state index contributed by atoms with van der Waals surface area (Å²) in [7, 11) is -8.85. The predicted molar refractivity (Wildman–Crippen MR) is 146 cm³/mol. The minimum atomic E-state index is -4.67. The van der Waals surface area contributed by atoms with Gasteiger partial charge in [-0.1, -0.05) is 32.1 Å². The molecule has 0 bridgehead atoms. The lowest BCUT2D eigenvalue weighted by Crippen LogP contribution is -2.18. The zero-order chi connectivity index (χ0) is 24.5. The molecule has 4 rings (SSSR count). The SMILES string of the molecule is O=S(=O)([O-])c1ccc(OS(=O)(=O)c2cc(I)cc(I)c2C2CCCCC2)c2c1CCCCCC2. The fourth-order valence-electron chi connectivity index (χ4n) is 5.19. The summed E-state index contributed by atoms with van der Waals surface area (Å²) in [6.45, 7) is 0. The zero-order valence-electron chi connectivity index (χ0n) is 18.7. The van der Waals surface area contributed by atoms with Crippen molar-refractivity contribution in [2.24, 2.45) is 0 Å². The van der Waals surface area contributed by atoms with Crippen LogP contribution in [0.4, 0.5) is 0 Å². The number of hydrogen-bond donors (Lipinski definition) is 0. The van der Waals surface area contributed by atoms with Crippen molar-refractivity contribution in [3.05, 3.63) is 48.1 Å². The molecule has 0 amide bonds. The lowest BCUT2D eigenvalue weighted by Gasteiger charge is -2.26. The second kappa shape index (κ2) is 10.9. The quantitative estimate of drug-likeness (QED) is 0.204. The van der Waals surface area contributed by atoms with Crippen molar-refractivity contribution in [1.82, 2.24) is 0 Å². The lowest BCUT2D eigenvalue weighted by atomic mass is 9.84. The summed E-state index contributed by atoms with van der Waals surface area (Å²) in [4.78, 5) is -0.0725. The number of halogens is 2. The highest BCUT2D eigenvalue weighted by Gasteiger charge is 2.30. The first-order valence-corrected chi connectivity index (χ1v) is 16.6. The van der Waals surface area contributed by atoms with Gasteiger partial charge in [0.05, 0.1) is 4.90 Å². The van der Waals surface area contributed by atoms with Gasteiger partial charge in [-0.3, -0.25) is 0 Å². The Morgan fingerprint density at radius 3 is 2.06 bits per heavy atom. The van der Waals surface area contributed by atoms with Crippen molar-refractivity contribution >= 4 is 65.4 Å². The number of fused-ring (bicyclic) bond motifs is 1. The van der Waals surface area contributed by atoms with E-state index in [9.17, 15) is 21.4 Å². The fraction of sp³-hybridized carbons (Fsp3) is 0.500. The first-order valence-electron chi connectivity index (χ1n) is 11.6. The van der Waals surface area contributed by atoms with Crippen molar-refractivity contribution in [2.45, 2.75) is 86.3 Å². The van der Waals surface area contributed by atoms with Gasteiger partial charge in [-0.05, 0) is 125 Å². The van der Waals surface area contributed by atoms with Gasteiger partial charge in [0.15, 0.2) is 0 Å². The van der Waals surface area contributed by atoms with E-state index in [0.717, 1.165) is 70.5 Å². The summed E-state index contributed by atoms with van der Waals surface area (Å²) in [6.07, 6.45) is 9.52. The molecule has 0 aliphatic heterocycles. The molecule has 0 aromatic heterocycles. The molecule has 0 radical (unpaired) electrons. The lowest BCUT2D eigenvalue weighted by molar-refractivity contribution is 0.432. The Hall–Kier alpha value is -0.440. The molecule has 0 atom stereocenters. The maximum atomic E-state index is 13.7. The standard InChI is InChI=1S/C24H28I2O6S2/c25-17-14-20(26)24(16-8-4-3-5-9-16)23(15-17)34(30,31)32-21-12-13-22(33(27,28)29)19-11-7-2-1-6-10-18(19)21/h12-16H,1-11H2,(H,27,28,29)/p-1. The normalized spacial score (nSPS) is 18.1. The number of hydrogen-bond acceptors (Lipinski definition) is 6. The van der Waals surface area contributed by atoms with Gasteiger partial charge in [0.2, 0.25) is 0 Å². The van der Waals surface area contributed by atoms with Crippen LogP contribution in [-0.4, -0.2) is 21.4 Å². The summed E-state index contributed by atoms with van der Waals surface area (Å²) in [5, 5.41) is 0. The van der Waals surface area contributed by atoms with E-state index in [1.54, 1.807) is 6.07 Å². The molecule has 2 aliphatic carbocycles. The molecule has 10 heteroatoms. The molecule has 1 saturated carbocycles. The number of benzene rings is 2. The van der Waals surface area contributed by atoms with E-state index >= 15 is 0 Å². The van der Waals surface area contributed by atoms with E-state index in [1.807, 2.05) is 6.07 Å². The molecule has 6 nitrogen and oxygen atoms in total. The van der Waals surface area contributed by atoms with Gasteiger partial charge in [0, 0.05) is 12.7 Å². The largest absolute Gasteiger partial charge is 0.744 e. The van der Waals surface area contributed by atoms with Crippen molar-refractivity contribution in [1.29, 1.82) is 0 Å². The third-order valence-electron chi connectivity index (χ3n) is 6.76. The zero-order valence-corrected chi connectivity index (χ0v) is 24.6. The third-order valence-corrected chi connectivity index (χ3v) is 10.5. The molecule has 2 aromatic carbocycles. The van der Waals surface area contributed by atoms with Crippen LogP contribution in [0.2, 0.25) is 0 Å². The summed E-state index contributed by atoms with van der Waals surface area (Å²) < 4.78 is 70.6. The molecule has 1 fully saturated rings. The van der Waals surface area contributed by atoms with Crippen molar-refractivity contribution < 1.29 is 25.6 Å². The van der Waals surface area contributed by atoms with Crippen molar-refractivity contribution in [3.63, 3.8) is 0 Å². The monoisotopic (exact) mass is 729 g/mol. The van der Waals surface area contributed by atoms with Crippen LogP contribution < -0.4 is 4.18 Å². The van der Waals surface area contributed by atoms with Crippen LogP contribution >= 0.6 is 45.2 Å². The van der Waals surface area contributed by atoms with Gasteiger partial charge < -0.3 is 8.74 Å². The Morgan fingerprint density at radius 1 is 0.794 bits per heavy atom. The summed E-state index contributed by atoms with van der Waals surface area (Å²) in [6, 6.07) is 6.20. The molecule has 34 heavy (non-hydrogen) atoms. The first kappa shape index (κ1) is 26.6. The Balaban J connectivity index is 1.81. The van der Waals surface area contributed by atoms with Crippen LogP contribution in [0.1, 0.15) is 80.4 Å². The maximum absolute atomic E-state index is 13.7. The second-order valence-corrected chi connectivity index (χ2v) is 14.3. The van der Waals surface area contributed by atoms with E-state index < -0.39 is 20.2 Å². The van der Waals surface area contributed by atoms with E-state index in [1.165, 1.54) is 12.1 Å². The Labute approximate surface area is 229 Å². The topological polar surface area (TPSA) is 101 Å². The van der Waals surface area contributed by atoms with Gasteiger partial charge >= 0.3 is 10.1 Å². The Morgan fingerprint density at radius 2 is 1.41 bits per heavy atom. The van der Waals surface area contributed by atoms with Gasteiger partial charge in [-0.15, -0.1) is 0 Å². The smallest absolute Gasteiger partial charge is 0.339 e. The maximum Gasteiger partial charge on any atom is 0.339 e. The van der Waals surface area contributed by atoms with E-state index in [0.29, 0.717) is 24.0 Å². The Bertz CT molecular complexity index is 1280. The van der Waals surface area contributed by atoms with Gasteiger partial charge in [-0.25, -0.2) is 8.42 Å². The van der Waals surface area contributed by atoms with Crippen LogP contribution in [0.15, 0.2) is 34.1 Å². The van der Waals surface area contributed by atoms with Gasteiger partial charge in [0.1, 0.15) is 20.8 Å². The van der Waals surface area contributed by atoms with Crippen LogP contribution in [-0.2, 0) is 33.1 Å². The average Bonchev–Trinajstić information content (AvgIpc) is 2.73. The molecule has 2 aliphatic rings. The molecule has 0 heterocycles. The second-order valence-electron chi connectivity index (χ2n) is 9.06. The summed E-state index contributed by atoms with van der Waals surface area (Å²) in [5.41, 5.74) is 1.76. The first-order chi connectivity index (χ1) is 16.1. The third kappa shape index (κ3) is 5.92. The molecule has 0 unspecified atom stereocenters. The Kier molecular flexibility index (Phi) is 8.53. The van der Waals surface area contributed by atoms with Crippen LogP contribution in [0.3, 0.4) is 0 Å². The highest BCUT2D eigenvalue weighted by Crippen LogP contribution is 2.41. The van der Waals surface area contributed by atoms with E-state index in [-0.39, 0.29) is 21.5 Å². The van der Waals surface area contributed by atoms with Crippen LogP contribution in [0.5, 0.6) is 5.75 Å². The van der Waals surface area contributed by atoms with Crippen LogP contribution in [0.25, 0.3) is 0 Å².